The minimum atomic E-state index is -0.387. The SMILES string of the molecule is C[N+]1(C)C2CCC1CC(OC(=O)C1(c3ccccc3)CCCC1)C2.[I-]. The molecule has 4 rings (SSSR count). The fourth-order valence-corrected chi connectivity index (χ4v) is 5.54. The molecule has 1 aliphatic carbocycles. The van der Waals surface area contributed by atoms with E-state index in [0.717, 1.165) is 48.6 Å². The molecule has 2 unspecified atom stereocenters. The number of quaternary nitrogens is 1. The van der Waals surface area contributed by atoms with E-state index in [1.54, 1.807) is 0 Å². The minimum Gasteiger partial charge on any atom is -1.00 e. The van der Waals surface area contributed by atoms with Gasteiger partial charge in [0, 0.05) is 25.7 Å². The lowest BCUT2D eigenvalue weighted by atomic mass is 9.79. The predicted octanol–water partition coefficient (Wildman–Crippen LogP) is 0.815. The van der Waals surface area contributed by atoms with Crippen LogP contribution in [0.25, 0.3) is 0 Å². The normalized spacial score (nSPS) is 32.0. The van der Waals surface area contributed by atoms with Crippen molar-refractivity contribution in [1.82, 2.24) is 0 Å². The Balaban J connectivity index is 0.00000182. The van der Waals surface area contributed by atoms with E-state index in [-0.39, 0.29) is 41.5 Å². The lowest BCUT2D eigenvalue weighted by molar-refractivity contribution is -0.931. The fraction of sp³-hybridized carbons (Fsp3) is 0.667. The molecule has 2 heterocycles. The van der Waals surface area contributed by atoms with Gasteiger partial charge in [-0.2, -0.15) is 0 Å². The number of carbonyl (C=O) groups excluding carboxylic acids is 1. The van der Waals surface area contributed by atoms with Crippen LogP contribution >= 0.6 is 0 Å². The molecule has 2 aliphatic heterocycles. The molecular weight excluding hydrogens is 425 g/mol. The molecule has 3 fully saturated rings. The largest absolute Gasteiger partial charge is 1.00 e. The van der Waals surface area contributed by atoms with Gasteiger partial charge in [0.1, 0.15) is 6.10 Å². The van der Waals surface area contributed by atoms with E-state index in [2.05, 4.69) is 26.2 Å². The topological polar surface area (TPSA) is 26.3 Å². The maximum atomic E-state index is 13.2. The maximum Gasteiger partial charge on any atom is 0.316 e. The van der Waals surface area contributed by atoms with E-state index in [9.17, 15) is 4.79 Å². The first-order chi connectivity index (χ1) is 11.5. The molecule has 2 bridgehead atoms. The number of fused-ring (bicyclic) bond motifs is 2. The van der Waals surface area contributed by atoms with E-state index in [1.165, 1.54) is 12.8 Å². The summed E-state index contributed by atoms with van der Waals surface area (Å²) in [5.41, 5.74) is 0.768. The van der Waals surface area contributed by atoms with E-state index < -0.39 is 0 Å². The number of rotatable bonds is 3. The average molecular weight is 455 g/mol. The quantitative estimate of drug-likeness (QED) is 0.383. The third kappa shape index (κ3) is 3.25. The van der Waals surface area contributed by atoms with Crippen molar-refractivity contribution in [3.05, 3.63) is 35.9 Å². The van der Waals surface area contributed by atoms with Gasteiger partial charge in [-0.05, 0) is 18.4 Å². The molecule has 0 amide bonds. The highest BCUT2D eigenvalue weighted by Gasteiger charge is 2.51. The van der Waals surface area contributed by atoms with Crippen LogP contribution in [0.5, 0.6) is 0 Å². The molecule has 3 nitrogen and oxygen atoms in total. The summed E-state index contributed by atoms with van der Waals surface area (Å²) in [6.45, 7) is 0. The van der Waals surface area contributed by atoms with Crippen molar-refractivity contribution in [3.63, 3.8) is 0 Å². The molecule has 2 atom stereocenters. The van der Waals surface area contributed by atoms with Crippen LogP contribution in [0.1, 0.15) is 56.9 Å². The van der Waals surface area contributed by atoms with Crippen molar-refractivity contribution in [3.8, 4) is 0 Å². The smallest absolute Gasteiger partial charge is 0.316 e. The van der Waals surface area contributed by atoms with Crippen LogP contribution < -0.4 is 24.0 Å². The molecular formula is C21H30INO2. The Kier molecular flexibility index (Phi) is 5.50. The first kappa shape index (κ1) is 19.2. The number of piperidine rings is 1. The zero-order valence-electron chi connectivity index (χ0n) is 15.4. The lowest BCUT2D eigenvalue weighted by Gasteiger charge is -2.44. The van der Waals surface area contributed by atoms with Crippen molar-refractivity contribution in [1.29, 1.82) is 0 Å². The van der Waals surface area contributed by atoms with Gasteiger partial charge in [-0.15, -0.1) is 0 Å². The van der Waals surface area contributed by atoms with Crippen LogP contribution in [-0.2, 0) is 14.9 Å². The van der Waals surface area contributed by atoms with E-state index in [1.807, 2.05) is 18.2 Å². The predicted molar refractivity (Wildman–Crippen MR) is 94.6 cm³/mol. The molecule has 4 heteroatoms. The highest BCUT2D eigenvalue weighted by Crippen LogP contribution is 2.45. The third-order valence-corrected chi connectivity index (χ3v) is 7.23. The Morgan fingerprint density at radius 2 is 1.60 bits per heavy atom. The average Bonchev–Trinajstić information content (AvgIpc) is 3.09. The number of ether oxygens (including phenoxy) is 1. The van der Waals surface area contributed by atoms with Crippen molar-refractivity contribution in [2.45, 2.75) is 75.0 Å². The number of esters is 1. The summed E-state index contributed by atoms with van der Waals surface area (Å²) in [6, 6.07) is 11.7. The third-order valence-electron chi connectivity index (χ3n) is 7.23. The summed E-state index contributed by atoms with van der Waals surface area (Å²) in [4.78, 5) is 13.2. The Morgan fingerprint density at radius 1 is 1.04 bits per heavy atom. The van der Waals surface area contributed by atoms with Gasteiger partial charge in [-0.3, -0.25) is 4.79 Å². The van der Waals surface area contributed by atoms with Crippen LogP contribution in [0.3, 0.4) is 0 Å². The summed E-state index contributed by atoms with van der Waals surface area (Å²) >= 11 is 0. The second-order valence-corrected chi connectivity index (χ2v) is 8.67. The number of halogens is 1. The first-order valence-corrected chi connectivity index (χ1v) is 9.62. The van der Waals surface area contributed by atoms with Gasteiger partial charge < -0.3 is 33.2 Å². The van der Waals surface area contributed by atoms with Gasteiger partial charge in [-0.1, -0.05) is 43.2 Å². The summed E-state index contributed by atoms with van der Waals surface area (Å²) < 4.78 is 7.28. The summed E-state index contributed by atoms with van der Waals surface area (Å²) in [7, 11) is 4.70. The number of nitrogens with zero attached hydrogens (tertiary/aromatic N) is 1. The molecule has 138 valence electrons. The van der Waals surface area contributed by atoms with Crippen LogP contribution in [0.2, 0.25) is 0 Å². The number of carbonyl (C=O) groups is 1. The molecule has 0 radical (unpaired) electrons. The molecule has 0 aromatic heterocycles. The molecule has 0 spiro atoms. The van der Waals surface area contributed by atoms with E-state index >= 15 is 0 Å². The Morgan fingerprint density at radius 3 is 2.16 bits per heavy atom. The summed E-state index contributed by atoms with van der Waals surface area (Å²) in [5, 5.41) is 0. The zero-order chi connectivity index (χ0) is 16.8. The summed E-state index contributed by atoms with van der Waals surface area (Å²) in [6.07, 6.45) is 8.93. The molecule has 25 heavy (non-hydrogen) atoms. The second kappa shape index (κ2) is 7.18. The van der Waals surface area contributed by atoms with Crippen molar-refractivity contribution in [2.75, 3.05) is 14.1 Å². The Bertz CT molecular complexity index is 594. The summed E-state index contributed by atoms with van der Waals surface area (Å²) in [5.74, 6) is 0.0443. The molecule has 3 aliphatic rings. The van der Waals surface area contributed by atoms with Gasteiger partial charge in [0.25, 0.3) is 0 Å². The first-order valence-electron chi connectivity index (χ1n) is 9.62. The molecule has 1 aromatic carbocycles. The van der Waals surface area contributed by atoms with E-state index in [0.29, 0.717) is 12.1 Å². The second-order valence-electron chi connectivity index (χ2n) is 8.67. The Labute approximate surface area is 168 Å². The standard InChI is InChI=1S/C21H30NO2.HI/c1-22(2)17-10-11-18(22)15-19(14-17)24-20(23)21(12-6-7-13-21)16-8-4-3-5-9-16;/h3-5,8-9,17-19H,6-7,10-15H2,1-2H3;1H/q+1;/p-1. The maximum absolute atomic E-state index is 13.2. The van der Waals surface area contributed by atoms with E-state index in [4.69, 9.17) is 4.74 Å². The van der Waals surface area contributed by atoms with Gasteiger partial charge in [-0.25, -0.2) is 0 Å². The van der Waals surface area contributed by atoms with Crippen LogP contribution in [0, 0.1) is 0 Å². The van der Waals surface area contributed by atoms with Gasteiger partial charge in [0.2, 0.25) is 0 Å². The van der Waals surface area contributed by atoms with Gasteiger partial charge >= 0.3 is 5.97 Å². The van der Waals surface area contributed by atoms with Crippen LogP contribution in [0.15, 0.2) is 30.3 Å². The molecule has 2 saturated heterocycles. The fourth-order valence-electron chi connectivity index (χ4n) is 5.54. The van der Waals surface area contributed by atoms with Crippen molar-refractivity contribution in [2.24, 2.45) is 0 Å². The zero-order valence-corrected chi connectivity index (χ0v) is 17.6. The lowest BCUT2D eigenvalue weighted by Crippen LogP contribution is -3.00. The van der Waals surface area contributed by atoms with Crippen molar-refractivity contribution < 1.29 is 38.0 Å². The highest BCUT2D eigenvalue weighted by molar-refractivity contribution is 5.83. The number of benzene rings is 1. The number of hydrogen-bond acceptors (Lipinski definition) is 2. The Hall–Kier alpha value is -0.620. The minimum absolute atomic E-state index is 0. The van der Waals surface area contributed by atoms with Gasteiger partial charge in [0.05, 0.1) is 31.6 Å². The molecule has 1 aromatic rings. The molecule has 1 saturated carbocycles. The monoisotopic (exact) mass is 455 g/mol. The van der Waals surface area contributed by atoms with Crippen LogP contribution in [-0.4, -0.2) is 42.7 Å². The molecule has 0 N–H and O–H groups in total. The van der Waals surface area contributed by atoms with Crippen molar-refractivity contribution >= 4 is 5.97 Å². The van der Waals surface area contributed by atoms with Crippen LogP contribution in [0.4, 0.5) is 0 Å². The van der Waals surface area contributed by atoms with Gasteiger partial charge in [0.15, 0.2) is 0 Å². The highest BCUT2D eigenvalue weighted by atomic mass is 127. The number of hydrogen-bond donors (Lipinski definition) is 0.